The smallest absolute Gasteiger partial charge is 0.335 e. The number of hydrogen-bond acceptors (Lipinski definition) is 5. The first-order valence-electron chi connectivity index (χ1n) is 9.57. The van der Waals surface area contributed by atoms with Gasteiger partial charge < -0.3 is 9.52 Å². The Morgan fingerprint density at radius 1 is 1.26 bits per heavy atom. The molecule has 0 unspecified atom stereocenters. The van der Waals surface area contributed by atoms with E-state index in [0.717, 1.165) is 4.47 Å². The van der Waals surface area contributed by atoms with Crippen LogP contribution in [0.5, 0.6) is 0 Å². The third kappa shape index (κ3) is 3.94. The Hall–Kier alpha value is -3.52. The van der Waals surface area contributed by atoms with Crippen molar-refractivity contribution >= 4 is 39.0 Å². The molecule has 0 bridgehead atoms. The van der Waals surface area contributed by atoms with Gasteiger partial charge in [0, 0.05) is 16.5 Å². The van der Waals surface area contributed by atoms with Crippen LogP contribution in [-0.4, -0.2) is 27.0 Å². The van der Waals surface area contributed by atoms with Crippen LogP contribution in [0, 0.1) is 6.92 Å². The highest BCUT2D eigenvalue weighted by molar-refractivity contribution is 9.10. The predicted molar refractivity (Wildman–Crippen MR) is 122 cm³/mol. The van der Waals surface area contributed by atoms with Gasteiger partial charge in [0.25, 0.3) is 5.56 Å². The highest BCUT2D eigenvalue weighted by atomic mass is 79.9. The number of carboxylic acid groups (broad SMARTS) is 1. The Labute approximate surface area is 185 Å². The average molecular weight is 480 g/mol. The summed E-state index contributed by atoms with van der Waals surface area (Å²) in [6.45, 7) is 3.64. The van der Waals surface area contributed by atoms with E-state index in [-0.39, 0.29) is 11.1 Å². The second-order valence-electron chi connectivity index (χ2n) is 6.89. The molecule has 2 aromatic heterocycles. The molecule has 0 saturated carbocycles. The molecule has 7 nitrogen and oxygen atoms in total. The lowest BCUT2D eigenvalue weighted by Crippen LogP contribution is -2.22. The summed E-state index contributed by atoms with van der Waals surface area (Å²) in [6.07, 6.45) is 1.98. The number of aryl methyl sites for hydroxylation is 1. The lowest BCUT2D eigenvalue weighted by Gasteiger charge is -2.07. The topological polar surface area (TPSA) is 97.7 Å². The second kappa shape index (κ2) is 8.31. The van der Waals surface area contributed by atoms with Gasteiger partial charge in [-0.3, -0.25) is 4.79 Å². The molecular weight excluding hydrogens is 462 g/mol. The number of fused-ring (bicyclic) bond motifs is 1. The fraction of sp³-hybridized carbons (Fsp3) is 0.130. The Balaban J connectivity index is 1.73. The third-order valence-electron chi connectivity index (χ3n) is 4.95. The van der Waals surface area contributed by atoms with Crippen LogP contribution in [0.2, 0.25) is 0 Å². The zero-order chi connectivity index (χ0) is 22.1. The van der Waals surface area contributed by atoms with Gasteiger partial charge in [0.15, 0.2) is 0 Å². The number of furan rings is 1. The van der Waals surface area contributed by atoms with E-state index in [9.17, 15) is 14.7 Å². The van der Waals surface area contributed by atoms with Gasteiger partial charge in [0.1, 0.15) is 17.3 Å². The average Bonchev–Trinajstić information content (AvgIpc) is 3.22. The summed E-state index contributed by atoms with van der Waals surface area (Å²) in [7, 11) is 0. The van der Waals surface area contributed by atoms with Crippen LogP contribution in [0.15, 0.2) is 67.3 Å². The number of aromatic carboxylic acids is 1. The molecule has 1 N–H and O–H groups in total. The third-order valence-corrected chi connectivity index (χ3v) is 5.44. The number of carboxylic acids is 1. The van der Waals surface area contributed by atoms with Crippen molar-refractivity contribution in [3.63, 3.8) is 0 Å². The molecule has 2 heterocycles. The van der Waals surface area contributed by atoms with E-state index in [1.54, 1.807) is 49.4 Å². The van der Waals surface area contributed by atoms with Gasteiger partial charge in [0.05, 0.1) is 22.7 Å². The lowest BCUT2D eigenvalue weighted by molar-refractivity contribution is 0.0696. The van der Waals surface area contributed by atoms with Crippen LogP contribution in [-0.2, 0) is 6.42 Å². The van der Waals surface area contributed by atoms with Crippen LogP contribution in [0.25, 0.3) is 22.2 Å². The lowest BCUT2D eigenvalue weighted by atomic mass is 10.0. The maximum Gasteiger partial charge on any atom is 0.335 e. The van der Waals surface area contributed by atoms with Crippen LogP contribution in [0.4, 0.5) is 0 Å². The minimum absolute atomic E-state index is 0.219. The standard InChI is InChI=1S/C23H18BrN3O4/c1-3-21-26-19-9-7-14(24)11-18(19)22(28)27(21)25-12-15-8-10-20(31-15)16-5-4-6-17(13(16)2)23(29)30/h4-12H,3H2,1-2H3,(H,29,30). The van der Waals surface area contributed by atoms with E-state index in [4.69, 9.17) is 4.42 Å². The van der Waals surface area contributed by atoms with Gasteiger partial charge in [-0.2, -0.15) is 9.78 Å². The molecule has 156 valence electrons. The number of halogens is 1. The van der Waals surface area contributed by atoms with Crippen molar-refractivity contribution in [1.29, 1.82) is 0 Å². The van der Waals surface area contributed by atoms with E-state index in [0.29, 0.717) is 45.8 Å². The molecule has 0 amide bonds. The fourth-order valence-corrected chi connectivity index (χ4v) is 3.72. The molecule has 0 fully saturated rings. The van der Waals surface area contributed by atoms with Gasteiger partial charge in [-0.25, -0.2) is 9.78 Å². The molecular formula is C23H18BrN3O4. The highest BCUT2D eigenvalue weighted by Gasteiger charge is 2.14. The number of nitrogens with zero attached hydrogens (tertiary/aromatic N) is 3. The summed E-state index contributed by atoms with van der Waals surface area (Å²) in [6, 6.07) is 13.8. The molecule has 0 aliphatic carbocycles. The summed E-state index contributed by atoms with van der Waals surface area (Å²) < 4.78 is 7.90. The number of rotatable bonds is 5. The summed E-state index contributed by atoms with van der Waals surface area (Å²) in [5.41, 5.74) is 1.86. The van der Waals surface area contributed by atoms with Gasteiger partial charge in [-0.15, -0.1) is 0 Å². The van der Waals surface area contributed by atoms with Crippen molar-refractivity contribution in [2.24, 2.45) is 5.10 Å². The van der Waals surface area contributed by atoms with Crippen molar-refractivity contribution in [3.8, 4) is 11.3 Å². The molecule has 0 spiro atoms. The molecule has 0 aliphatic rings. The van der Waals surface area contributed by atoms with Crippen molar-refractivity contribution in [2.75, 3.05) is 0 Å². The Morgan fingerprint density at radius 3 is 2.81 bits per heavy atom. The minimum atomic E-state index is -0.991. The van der Waals surface area contributed by atoms with Crippen LogP contribution in [0.3, 0.4) is 0 Å². The van der Waals surface area contributed by atoms with Gasteiger partial charge in [-0.1, -0.05) is 35.0 Å². The van der Waals surface area contributed by atoms with Gasteiger partial charge in [-0.05, 0) is 48.9 Å². The van der Waals surface area contributed by atoms with Crippen molar-refractivity contribution < 1.29 is 14.3 Å². The molecule has 0 saturated heterocycles. The van der Waals surface area contributed by atoms with E-state index < -0.39 is 5.97 Å². The Morgan fingerprint density at radius 2 is 2.06 bits per heavy atom. The molecule has 31 heavy (non-hydrogen) atoms. The van der Waals surface area contributed by atoms with Gasteiger partial charge >= 0.3 is 5.97 Å². The first kappa shape index (κ1) is 20.7. The monoisotopic (exact) mass is 479 g/mol. The van der Waals surface area contributed by atoms with Crippen molar-refractivity contribution in [2.45, 2.75) is 20.3 Å². The fourth-order valence-electron chi connectivity index (χ4n) is 3.36. The maximum atomic E-state index is 13.0. The van der Waals surface area contributed by atoms with Crippen LogP contribution >= 0.6 is 15.9 Å². The van der Waals surface area contributed by atoms with E-state index >= 15 is 0 Å². The summed E-state index contributed by atoms with van der Waals surface area (Å²) in [5.74, 6) is 0.492. The Bertz CT molecular complexity index is 1400. The largest absolute Gasteiger partial charge is 0.478 e. The quantitative estimate of drug-likeness (QED) is 0.411. The molecule has 4 rings (SSSR count). The molecule has 0 radical (unpaired) electrons. The van der Waals surface area contributed by atoms with E-state index in [1.807, 2.05) is 13.0 Å². The number of aromatic nitrogens is 2. The Kier molecular flexibility index (Phi) is 5.56. The van der Waals surface area contributed by atoms with Gasteiger partial charge in [0.2, 0.25) is 0 Å². The number of hydrogen-bond donors (Lipinski definition) is 1. The predicted octanol–water partition coefficient (Wildman–Crippen LogP) is 4.87. The first-order valence-corrected chi connectivity index (χ1v) is 10.4. The first-order chi connectivity index (χ1) is 14.9. The van der Waals surface area contributed by atoms with Crippen LogP contribution < -0.4 is 5.56 Å². The maximum absolute atomic E-state index is 13.0. The highest BCUT2D eigenvalue weighted by Crippen LogP contribution is 2.27. The molecule has 8 heteroatoms. The van der Waals surface area contributed by atoms with Crippen LogP contribution in [0.1, 0.15) is 34.4 Å². The SMILES string of the molecule is CCc1nc2ccc(Br)cc2c(=O)n1N=Cc1ccc(-c2cccc(C(=O)O)c2C)o1. The molecule has 0 atom stereocenters. The molecule has 2 aromatic carbocycles. The van der Waals surface area contributed by atoms with Crippen molar-refractivity contribution in [3.05, 3.63) is 86.1 Å². The minimum Gasteiger partial charge on any atom is -0.478 e. The summed E-state index contributed by atoms with van der Waals surface area (Å²) in [4.78, 5) is 28.9. The van der Waals surface area contributed by atoms with Crippen molar-refractivity contribution in [1.82, 2.24) is 9.66 Å². The molecule has 4 aromatic rings. The normalized spacial score (nSPS) is 11.5. The second-order valence-corrected chi connectivity index (χ2v) is 7.81. The summed E-state index contributed by atoms with van der Waals surface area (Å²) >= 11 is 3.38. The molecule has 0 aliphatic heterocycles. The number of benzene rings is 2. The zero-order valence-electron chi connectivity index (χ0n) is 16.8. The summed E-state index contributed by atoms with van der Waals surface area (Å²) in [5, 5.41) is 14.1. The zero-order valence-corrected chi connectivity index (χ0v) is 18.4. The van der Waals surface area contributed by atoms with E-state index in [2.05, 4.69) is 26.0 Å². The van der Waals surface area contributed by atoms with E-state index in [1.165, 1.54) is 10.9 Å². The number of carbonyl (C=O) groups is 1.